The number of ketones is 1. The summed E-state index contributed by atoms with van der Waals surface area (Å²) in [5.41, 5.74) is 0. The molecule has 1 aromatic rings. The van der Waals surface area contributed by atoms with Crippen LogP contribution in [0.25, 0.3) is 0 Å². The van der Waals surface area contributed by atoms with Crippen LogP contribution < -0.4 is 9.46 Å². The Morgan fingerprint density at radius 2 is 2.00 bits per heavy atom. The highest BCUT2D eigenvalue weighted by molar-refractivity contribution is 7.89. The molecule has 1 fully saturated rings. The van der Waals surface area contributed by atoms with Crippen molar-refractivity contribution in [2.75, 3.05) is 12.9 Å². The fourth-order valence-electron chi connectivity index (χ4n) is 3.54. The first kappa shape index (κ1) is 25.8. The van der Waals surface area contributed by atoms with Gasteiger partial charge in [0, 0.05) is 24.7 Å². The molecule has 8 nitrogen and oxygen atoms in total. The zero-order valence-electron chi connectivity index (χ0n) is 18.1. The molecule has 1 saturated carbocycles. The van der Waals surface area contributed by atoms with Crippen LogP contribution in [0.1, 0.15) is 32.1 Å². The second kappa shape index (κ2) is 12.5. The van der Waals surface area contributed by atoms with Crippen molar-refractivity contribution in [1.29, 1.82) is 0 Å². The van der Waals surface area contributed by atoms with Gasteiger partial charge in [0.05, 0.1) is 12.4 Å². The lowest BCUT2D eigenvalue weighted by Gasteiger charge is -2.17. The third-order valence-electron chi connectivity index (χ3n) is 5.08. The number of carbonyl (C=O) groups is 2. The third kappa shape index (κ3) is 9.33. The lowest BCUT2D eigenvalue weighted by molar-refractivity contribution is -0.121. The van der Waals surface area contributed by atoms with Crippen molar-refractivity contribution < 1.29 is 33.0 Å². The van der Waals surface area contributed by atoms with Gasteiger partial charge in [-0.05, 0) is 31.4 Å². The van der Waals surface area contributed by atoms with E-state index in [1.807, 2.05) is 35.1 Å². The minimum atomic E-state index is -3.54. The first-order chi connectivity index (χ1) is 15.2. The van der Waals surface area contributed by atoms with Gasteiger partial charge in [0.25, 0.3) is 0 Å². The van der Waals surface area contributed by atoms with E-state index in [0.717, 1.165) is 6.26 Å². The summed E-state index contributed by atoms with van der Waals surface area (Å²) in [6.45, 7) is 0.0642. The molecule has 2 rings (SSSR count). The van der Waals surface area contributed by atoms with Crippen LogP contribution in [-0.4, -0.2) is 55.4 Å². The summed E-state index contributed by atoms with van der Waals surface area (Å²) in [5.74, 6) is -0.700. The van der Waals surface area contributed by atoms with Crippen molar-refractivity contribution >= 4 is 21.7 Å². The number of benzene rings is 1. The largest absolute Gasteiger partial charge is 0.491 e. The molecule has 0 bridgehead atoms. The highest BCUT2D eigenvalue weighted by atomic mass is 32.2. The van der Waals surface area contributed by atoms with Crippen molar-refractivity contribution in [3.8, 4) is 5.75 Å². The predicted molar refractivity (Wildman–Crippen MR) is 120 cm³/mol. The van der Waals surface area contributed by atoms with Gasteiger partial charge in [0.1, 0.15) is 24.2 Å². The van der Waals surface area contributed by atoms with Crippen LogP contribution >= 0.6 is 0 Å². The van der Waals surface area contributed by atoms with Crippen LogP contribution in [0.15, 0.2) is 54.6 Å². The molecule has 4 atom stereocenters. The number of nitrogens with one attached hydrogen (secondary N) is 1. The highest BCUT2D eigenvalue weighted by Crippen LogP contribution is 2.33. The molecule has 0 aromatic heterocycles. The van der Waals surface area contributed by atoms with E-state index in [1.54, 1.807) is 24.3 Å². The Morgan fingerprint density at radius 1 is 1.28 bits per heavy atom. The van der Waals surface area contributed by atoms with E-state index in [2.05, 4.69) is 0 Å². The number of Topliss-reactive ketones (excluding diaryl/α,β-unsaturated/α-hetero) is 1. The second-order valence-electron chi connectivity index (χ2n) is 7.89. The van der Waals surface area contributed by atoms with Gasteiger partial charge in [0.2, 0.25) is 15.9 Å². The van der Waals surface area contributed by atoms with Crippen LogP contribution in [0.5, 0.6) is 5.75 Å². The zero-order chi connectivity index (χ0) is 23.6. The van der Waals surface area contributed by atoms with Crippen molar-refractivity contribution in [2.24, 2.45) is 11.8 Å². The van der Waals surface area contributed by atoms with Crippen molar-refractivity contribution in [1.82, 2.24) is 4.72 Å². The summed E-state index contributed by atoms with van der Waals surface area (Å²) in [6.07, 6.45) is 7.84. The normalized spacial score (nSPS) is 22.5. The van der Waals surface area contributed by atoms with E-state index in [4.69, 9.17) is 4.74 Å². The van der Waals surface area contributed by atoms with Gasteiger partial charge in [-0.1, -0.05) is 42.5 Å². The Morgan fingerprint density at radius 3 is 2.69 bits per heavy atom. The van der Waals surface area contributed by atoms with E-state index in [-0.39, 0.29) is 37.1 Å². The standard InChI is InChI=1S/C23H31NO7S/c1-32(29,30)24-23(28)12-8-3-2-7-11-19-20(22(27)15-21(19)26)14-13-17(25)16-31-18-9-5-4-6-10-18/h2,4-7,9-10,13-14,17,19-20,22,25,27H,3,8,11-12,15-16H2,1H3,(H,24,28)/b7-2-,14-13+/t17-,19-,20-,22-/m1/s1. The lowest BCUT2D eigenvalue weighted by Crippen LogP contribution is -2.28. The molecule has 176 valence electrons. The summed E-state index contributed by atoms with van der Waals surface area (Å²) in [5, 5.41) is 20.4. The van der Waals surface area contributed by atoms with Crippen LogP contribution in [0.4, 0.5) is 0 Å². The molecule has 0 unspecified atom stereocenters. The maximum Gasteiger partial charge on any atom is 0.233 e. The topological polar surface area (TPSA) is 130 Å². The van der Waals surface area contributed by atoms with Gasteiger partial charge in [-0.3, -0.25) is 14.3 Å². The van der Waals surface area contributed by atoms with E-state index in [9.17, 15) is 28.2 Å². The number of ether oxygens (including phenoxy) is 1. The quantitative estimate of drug-likeness (QED) is 0.317. The van der Waals surface area contributed by atoms with Gasteiger partial charge < -0.3 is 14.9 Å². The van der Waals surface area contributed by atoms with E-state index in [0.29, 0.717) is 25.0 Å². The number of unbranched alkanes of at least 4 members (excludes halogenated alkanes) is 1. The molecule has 0 heterocycles. The maximum atomic E-state index is 12.3. The Hall–Kier alpha value is -2.49. The second-order valence-corrected chi connectivity index (χ2v) is 9.64. The van der Waals surface area contributed by atoms with Crippen LogP contribution in [0, 0.1) is 11.8 Å². The van der Waals surface area contributed by atoms with E-state index < -0.39 is 28.1 Å². The van der Waals surface area contributed by atoms with Gasteiger partial charge >= 0.3 is 0 Å². The van der Waals surface area contributed by atoms with E-state index >= 15 is 0 Å². The van der Waals surface area contributed by atoms with Crippen molar-refractivity contribution in [2.45, 2.75) is 44.3 Å². The number of sulfonamides is 1. The molecule has 1 aliphatic rings. The summed E-state index contributed by atoms with van der Waals surface area (Å²) in [6, 6.07) is 9.11. The van der Waals surface area contributed by atoms with Crippen LogP contribution in [-0.2, 0) is 19.6 Å². The summed E-state index contributed by atoms with van der Waals surface area (Å²) < 4.78 is 29.4. The number of amides is 1. The molecule has 32 heavy (non-hydrogen) atoms. The number of allylic oxidation sites excluding steroid dienone is 2. The molecule has 3 N–H and O–H groups in total. The minimum Gasteiger partial charge on any atom is -0.491 e. The summed E-state index contributed by atoms with van der Waals surface area (Å²) >= 11 is 0. The Balaban J connectivity index is 1.78. The molecular formula is C23H31NO7S. The summed E-state index contributed by atoms with van der Waals surface area (Å²) in [7, 11) is -3.54. The van der Waals surface area contributed by atoms with Crippen molar-refractivity contribution in [3.05, 3.63) is 54.6 Å². The molecule has 0 spiro atoms. The third-order valence-corrected chi connectivity index (χ3v) is 5.68. The molecule has 0 radical (unpaired) electrons. The number of aliphatic hydroxyl groups excluding tert-OH is 2. The number of carbonyl (C=O) groups excluding carboxylic acids is 2. The monoisotopic (exact) mass is 465 g/mol. The van der Waals surface area contributed by atoms with Gasteiger partial charge in [-0.25, -0.2) is 8.42 Å². The Bertz CT molecular complexity index is 912. The first-order valence-corrected chi connectivity index (χ1v) is 12.5. The fourth-order valence-corrected chi connectivity index (χ4v) is 4.05. The molecule has 0 saturated heterocycles. The number of hydrogen-bond donors (Lipinski definition) is 3. The zero-order valence-corrected chi connectivity index (χ0v) is 18.9. The summed E-state index contributed by atoms with van der Waals surface area (Å²) in [4.78, 5) is 23.7. The molecule has 1 aromatic carbocycles. The minimum absolute atomic E-state index is 0.0284. The molecule has 9 heteroatoms. The molecule has 0 aliphatic heterocycles. The number of hydrogen-bond acceptors (Lipinski definition) is 7. The highest BCUT2D eigenvalue weighted by Gasteiger charge is 2.39. The average Bonchev–Trinajstić information content (AvgIpc) is 2.99. The van der Waals surface area contributed by atoms with Crippen molar-refractivity contribution in [3.63, 3.8) is 0 Å². The Labute approximate surface area is 189 Å². The smallest absolute Gasteiger partial charge is 0.233 e. The fraction of sp³-hybridized carbons (Fsp3) is 0.478. The Kier molecular flexibility index (Phi) is 10.1. The molecule has 1 aliphatic carbocycles. The SMILES string of the molecule is CS(=O)(=O)NC(=O)CCC/C=C\C[C@H]1C(=O)C[C@@H](O)[C@@H]1/C=C/[C@@H](O)COc1ccccc1. The maximum absolute atomic E-state index is 12.3. The average molecular weight is 466 g/mol. The molecular weight excluding hydrogens is 434 g/mol. The van der Waals surface area contributed by atoms with Crippen LogP contribution in [0.2, 0.25) is 0 Å². The molecule has 1 amide bonds. The van der Waals surface area contributed by atoms with Gasteiger partial charge in [-0.2, -0.15) is 0 Å². The predicted octanol–water partition coefficient (Wildman–Crippen LogP) is 1.74. The van der Waals surface area contributed by atoms with Gasteiger partial charge in [-0.15, -0.1) is 0 Å². The van der Waals surface area contributed by atoms with E-state index in [1.165, 1.54) is 0 Å². The first-order valence-electron chi connectivity index (χ1n) is 10.6. The number of aliphatic hydroxyl groups is 2. The number of rotatable bonds is 12. The van der Waals surface area contributed by atoms with Gasteiger partial charge in [0.15, 0.2) is 0 Å². The van der Waals surface area contributed by atoms with Crippen LogP contribution in [0.3, 0.4) is 0 Å². The number of para-hydroxylation sites is 1. The lowest BCUT2D eigenvalue weighted by atomic mass is 9.90.